The summed E-state index contributed by atoms with van der Waals surface area (Å²) in [7, 11) is 2.02. The van der Waals surface area contributed by atoms with Crippen molar-refractivity contribution in [3.8, 4) is 0 Å². The Kier molecular flexibility index (Phi) is 3.00. The molecule has 0 bridgehead atoms. The molecule has 0 aliphatic heterocycles. The monoisotopic (exact) mass is 227 g/mol. The molecule has 0 aliphatic carbocycles. The maximum absolute atomic E-state index is 5.72. The molecular formula is C14H17N3. The largest absolute Gasteiger partial charge is 0.397 e. The molecule has 3 nitrogen and oxygen atoms in total. The van der Waals surface area contributed by atoms with Gasteiger partial charge in [0.25, 0.3) is 0 Å². The maximum Gasteiger partial charge on any atom is 0.135 e. The minimum Gasteiger partial charge on any atom is -0.397 e. The summed E-state index contributed by atoms with van der Waals surface area (Å²) in [5, 5.41) is 0. The van der Waals surface area contributed by atoms with Crippen molar-refractivity contribution < 1.29 is 0 Å². The number of para-hydroxylation sites is 1. The first-order valence-corrected chi connectivity index (χ1v) is 5.61. The van der Waals surface area contributed by atoms with Gasteiger partial charge in [-0.05, 0) is 37.1 Å². The highest BCUT2D eigenvalue weighted by molar-refractivity contribution is 5.66. The summed E-state index contributed by atoms with van der Waals surface area (Å²) in [5.41, 5.74) is 9.88. The van der Waals surface area contributed by atoms with E-state index in [9.17, 15) is 0 Å². The molecule has 1 heterocycles. The molecule has 0 spiro atoms. The van der Waals surface area contributed by atoms with Crippen molar-refractivity contribution in [2.24, 2.45) is 0 Å². The first-order chi connectivity index (χ1) is 8.09. The first-order valence-electron chi connectivity index (χ1n) is 5.61. The van der Waals surface area contributed by atoms with Crippen molar-refractivity contribution in [3.05, 3.63) is 47.7 Å². The van der Waals surface area contributed by atoms with Crippen molar-refractivity contribution in [1.82, 2.24) is 4.98 Å². The average Bonchev–Trinajstić information content (AvgIpc) is 2.29. The van der Waals surface area contributed by atoms with Gasteiger partial charge in [-0.1, -0.05) is 18.2 Å². The summed E-state index contributed by atoms with van der Waals surface area (Å²) >= 11 is 0. The summed E-state index contributed by atoms with van der Waals surface area (Å²) < 4.78 is 0. The second-order valence-corrected chi connectivity index (χ2v) is 4.25. The van der Waals surface area contributed by atoms with Crippen LogP contribution in [0.1, 0.15) is 11.1 Å². The lowest BCUT2D eigenvalue weighted by molar-refractivity contribution is 1.09. The predicted octanol–water partition coefficient (Wildman–Crippen LogP) is 3.05. The van der Waals surface area contributed by atoms with E-state index in [-0.39, 0.29) is 0 Å². The normalized spacial score (nSPS) is 10.3. The molecule has 0 saturated heterocycles. The van der Waals surface area contributed by atoms with Gasteiger partial charge in [0, 0.05) is 12.7 Å². The number of nitrogen functional groups attached to an aromatic ring is 1. The number of hydrogen-bond donors (Lipinski definition) is 1. The summed E-state index contributed by atoms with van der Waals surface area (Å²) in [5.74, 6) is 0.938. The Morgan fingerprint density at radius 1 is 1.12 bits per heavy atom. The fourth-order valence-corrected chi connectivity index (χ4v) is 1.99. The quantitative estimate of drug-likeness (QED) is 0.857. The van der Waals surface area contributed by atoms with Gasteiger partial charge in [-0.15, -0.1) is 0 Å². The highest BCUT2D eigenvalue weighted by Crippen LogP contribution is 2.27. The number of pyridine rings is 1. The van der Waals surface area contributed by atoms with Crippen LogP contribution in [0.25, 0.3) is 0 Å². The van der Waals surface area contributed by atoms with Crippen LogP contribution in [0.3, 0.4) is 0 Å². The van der Waals surface area contributed by atoms with Gasteiger partial charge in [-0.3, -0.25) is 0 Å². The average molecular weight is 227 g/mol. The van der Waals surface area contributed by atoms with Gasteiger partial charge in [-0.25, -0.2) is 4.98 Å². The van der Waals surface area contributed by atoms with E-state index in [0.29, 0.717) is 5.69 Å². The number of benzene rings is 1. The number of hydrogen-bond acceptors (Lipinski definition) is 3. The summed E-state index contributed by atoms with van der Waals surface area (Å²) in [6.07, 6.45) is 1.69. The lowest BCUT2D eigenvalue weighted by atomic mass is 10.1. The molecule has 2 N–H and O–H groups in total. The molecule has 1 aromatic carbocycles. The number of anilines is 3. The highest BCUT2D eigenvalue weighted by atomic mass is 15.2. The molecule has 1 aromatic heterocycles. The van der Waals surface area contributed by atoms with Crippen molar-refractivity contribution in [1.29, 1.82) is 0 Å². The minimum atomic E-state index is 0.699. The molecule has 2 rings (SSSR count). The Labute approximate surface area is 102 Å². The SMILES string of the molecule is Cc1ccccc1N(C)c1ncc(N)cc1C. The molecule has 0 amide bonds. The molecule has 3 heteroatoms. The molecule has 0 saturated carbocycles. The molecule has 0 aliphatic rings. The van der Waals surface area contributed by atoms with Crippen molar-refractivity contribution >= 4 is 17.2 Å². The third kappa shape index (κ3) is 2.23. The number of aryl methyl sites for hydroxylation is 2. The zero-order chi connectivity index (χ0) is 12.4. The van der Waals surface area contributed by atoms with Gasteiger partial charge in [0.15, 0.2) is 0 Å². The van der Waals surface area contributed by atoms with Crippen molar-refractivity contribution in [3.63, 3.8) is 0 Å². The lowest BCUT2D eigenvalue weighted by Crippen LogP contribution is -2.14. The Morgan fingerprint density at radius 2 is 1.82 bits per heavy atom. The van der Waals surface area contributed by atoms with Gasteiger partial charge in [0.05, 0.1) is 11.9 Å². The molecule has 17 heavy (non-hydrogen) atoms. The van der Waals surface area contributed by atoms with Crippen LogP contribution in [0.2, 0.25) is 0 Å². The standard InChI is InChI=1S/C14H17N3/c1-10-6-4-5-7-13(10)17(3)14-11(2)8-12(15)9-16-14/h4-9H,15H2,1-3H3. The van der Waals surface area contributed by atoms with Gasteiger partial charge in [0.2, 0.25) is 0 Å². The van der Waals surface area contributed by atoms with Gasteiger partial charge in [0.1, 0.15) is 5.82 Å². The third-order valence-corrected chi connectivity index (χ3v) is 2.87. The van der Waals surface area contributed by atoms with Crippen LogP contribution in [0.5, 0.6) is 0 Å². The fourth-order valence-electron chi connectivity index (χ4n) is 1.99. The predicted molar refractivity (Wildman–Crippen MR) is 72.6 cm³/mol. The van der Waals surface area contributed by atoms with E-state index in [4.69, 9.17) is 5.73 Å². The van der Waals surface area contributed by atoms with E-state index in [1.807, 2.05) is 32.2 Å². The molecular weight excluding hydrogens is 210 g/mol. The Bertz CT molecular complexity index is 535. The molecule has 0 unspecified atom stereocenters. The highest BCUT2D eigenvalue weighted by Gasteiger charge is 2.10. The third-order valence-electron chi connectivity index (χ3n) is 2.87. The summed E-state index contributed by atoms with van der Waals surface area (Å²) in [6, 6.07) is 10.2. The number of rotatable bonds is 2. The summed E-state index contributed by atoms with van der Waals surface area (Å²) in [6.45, 7) is 4.12. The molecule has 0 radical (unpaired) electrons. The van der Waals surface area contributed by atoms with Gasteiger partial charge >= 0.3 is 0 Å². The minimum absolute atomic E-state index is 0.699. The van der Waals surface area contributed by atoms with Crippen LogP contribution < -0.4 is 10.6 Å². The second kappa shape index (κ2) is 4.45. The second-order valence-electron chi connectivity index (χ2n) is 4.25. The zero-order valence-corrected chi connectivity index (χ0v) is 10.4. The lowest BCUT2D eigenvalue weighted by Gasteiger charge is -2.22. The molecule has 0 atom stereocenters. The number of nitrogens with zero attached hydrogens (tertiary/aromatic N) is 2. The first kappa shape index (κ1) is 11.5. The van der Waals surface area contributed by atoms with Gasteiger partial charge < -0.3 is 10.6 Å². The topological polar surface area (TPSA) is 42.2 Å². The van der Waals surface area contributed by atoms with Crippen molar-refractivity contribution in [2.75, 3.05) is 17.7 Å². The van der Waals surface area contributed by atoms with Crippen molar-refractivity contribution in [2.45, 2.75) is 13.8 Å². The Hall–Kier alpha value is -2.03. The number of aromatic nitrogens is 1. The molecule has 0 fully saturated rings. The molecule has 2 aromatic rings. The van der Waals surface area contributed by atoms with Gasteiger partial charge in [-0.2, -0.15) is 0 Å². The Morgan fingerprint density at radius 3 is 2.47 bits per heavy atom. The fraction of sp³-hybridized carbons (Fsp3) is 0.214. The van der Waals surface area contributed by atoms with E-state index < -0.39 is 0 Å². The molecule has 88 valence electrons. The smallest absolute Gasteiger partial charge is 0.135 e. The van der Waals surface area contributed by atoms with Crippen LogP contribution in [-0.2, 0) is 0 Å². The van der Waals surface area contributed by atoms with Crippen LogP contribution in [0.15, 0.2) is 36.5 Å². The van der Waals surface area contributed by atoms with Crippen LogP contribution in [0.4, 0.5) is 17.2 Å². The van der Waals surface area contributed by atoms with E-state index in [1.54, 1.807) is 6.20 Å². The van der Waals surface area contributed by atoms with E-state index >= 15 is 0 Å². The van der Waals surface area contributed by atoms with Crippen LogP contribution >= 0.6 is 0 Å². The van der Waals surface area contributed by atoms with Crippen LogP contribution in [-0.4, -0.2) is 12.0 Å². The Balaban J connectivity index is 2.44. The van der Waals surface area contributed by atoms with E-state index in [0.717, 1.165) is 17.1 Å². The van der Waals surface area contributed by atoms with E-state index in [2.05, 4.69) is 28.9 Å². The zero-order valence-electron chi connectivity index (χ0n) is 10.4. The van der Waals surface area contributed by atoms with E-state index in [1.165, 1.54) is 5.56 Å². The van der Waals surface area contributed by atoms with Crippen LogP contribution in [0, 0.1) is 13.8 Å². The maximum atomic E-state index is 5.72. The summed E-state index contributed by atoms with van der Waals surface area (Å²) in [4.78, 5) is 6.48. The number of nitrogens with two attached hydrogens (primary N) is 1.